The number of esters is 1. The maximum Gasteiger partial charge on any atom is 0.436 e. The summed E-state index contributed by atoms with van der Waals surface area (Å²) in [6.45, 7) is 5.43. The summed E-state index contributed by atoms with van der Waals surface area (Å²) in [7, 11) is 0. The van der Waals surface area contributed by atoms with Crippen LogP contribution < -0.4 is 5.32 Å². The highest BCUT2D eigenvalue weighted by Crippen LogP contribution is 2.47. The number of hydrogen-bond donors (Lipinski definition) is 1. The van der Waals surface area contributed by atoms with Gasteiger partial charge in [-0.2, -0.15) is 18.3 Å². The minimum absolute atomic E-state index is 0.0501. The second-order valence-electron chi connectivity index (χ2n) is 7.05. The molecule has 1 fully saturated rings. The Hall–Kier alpha value is -2.07. The van der Waals surface area contributed by atoms with Crippen LogP contribution in [0.1, 0.15) is 64.3 Å². The number of aryl methyl sites for hydroxylation is 2. The van der Waals surface area contributed by atoms with Crippen molar-refractivity contribution in [3.05, 3.63) is 32.4 Å². The molecule has 0 saturated heterocycles. The second kappa shape index (κ2) is 8.58. The van der Waals surface area contributed by atoms with Gasteiger partial charge in [-0.3, -0.25) is 9.48 Å². The molecule has 2 aromatic rings. The molecule has 0 aliphatic heterocycles. The molecule has 2 aromatic heterocycles. The molecule has 1 saturated carbocycles. The summed E-state index contributed by atoms with van der Waals surface area (Å²) in [6.07, 6.45) is -3.29. The number of alkyl halides is 3. The van der Waals surface area contributed by atoms with Crippen LogP contribution in [0.3, 0.4) is 0 Å². The Labute approximate surface area is 180 Å². The lowest BCUT2D eigenvalue weighted by molar-refractivity contribution is -0.141. The number of nitrogens with one attached hydrogen (secondary N) is 1. The van der Waals surface area contributed by atoms with Crippen LogP contribution in [-0.2, 0) is 22.3 Å². The number of halogens is 4. The molecule has 30 heavy (non-hydrogen) atoms. The van der Waals surface area contributed by atoms with E-state index in [1.54, 1.807) is 13.8 Å². The Morgan fingerprint density at radius 3 is 2.57 bits per heavy atom. The fourth-order valence-electron chi connectivity index (χ4n) is 3.11. The molecule has 0 unspecified atom stereocenters. The number of aromatic nitrogens is 2. The lowest BCUT2D eigenvalue weighted by atomic mass is 10.1. The van der Waals surface area contributed by atoms with E-state index < -0.39 is 23.7 Å². The average molecular weight is 464 g/mol. The molecule has 2 heterocycles. The number of hydrogen-bond acceptors (Lipinski definition) is 5. The van der Waals surface area contributed by atoms with E-state index in [1.807, 2.05) is 6.92 Å². The monoisotopic (exact) mass is 463 g/mol. The van der Waals surface area contributed by atoms with E-state index in [0.29, 0.717) is 16.3 Å². The third kappa shape index (κ3) is 4.64. The molecule has 0 aromatic carbocycles. The number of carbonyl (C=O) groups is 2. The maximum atomic E-state index is 13.2. The molecular formula is C19H21ClF3N3O3S. The van der Waals surface area contributed by atoms with Crippen LogP contribution in [0, 0.1) is 13.8 Å². The number of ether oxygens (including phenoxy) is 1. The number of thiophene rings is 1. The number of amides is 1. The van der Waals surface area contributed by atoms with Crippen LogP contribution in [0.4, 0.5) is 18.2 Å². The molecular weight excluding hydrogens is 443 g/mol. The largest absolute Gasteiger partial charge is 0.462 e. The van der Waals surface area contributed by atoms with Gasteiger partial charge in [0.2, 0.25) is 5.91 Å². The molecule has 1 N–H and O–H groups in total. The molecule has 164 valence electrons. The molecule has 0 bridgehead atoms. The van der Waals surface area contributed by atoms with Crippen LogP contribution >= 0.6 is 22.9 Å². The van der Waals surface area contributed by atoms with Crippen molar-refractivity contribution < 1.29 is 27.5 Å². The van der Waals surface area contributed by atoms with Crippen molar-refractivity contribution in [1.29, 1.82) is 0 Å². The zero-order valence-electron chi connectivity index (χ0n) is 16.7. The minimum atomic E-state index is -4.66. The summed E-state index contributed by atoms with van der Waals surface area (Å²) in [6, 6.07) is 0. The van der Waals surface area contributed by atoms with Gasteiger partial charge in [0, 0.05) is 17.2 Å². The lowest BCUT2D eigenvalue weighted by Gasteiger charge is -2.09. The standard InChI is InChI=1S/C19H21ClF3N3O3S/c1-4-29-18(28)13-9(2)10(3)30-17(13)24-12(27)7-8-26-15(11-5-6-11)14(20)16(25-26)19(21,22)23/h11H,4-8H2,1-3H3,(H,24,27). The zero-order valence-corrected chi connectivity index (χ0v) is 18.2. The van der Waals surface area contributed by atoms with Gasteiger partial charge < -0.3 is 10.1 Å². The van der Waals surface area contributed by atoms with Gasteiger partial charge >= 0.3 is 12.1 Å². The Kier molecular flexibility index (Phi) is 6.47. The van der Waals surface area contributed by atoms with Gasteiger partial charge in [-0.1, -0.05) is 11.6 Å². The first-order valence-electron chi connectivity index (χ1n) is 9.44. The van der Waals surface area contributed by atoms with E-state index >= 15 is 0 Å². The maximum absolute atomic E-state index is 13.2. The normalized spacial score (nSPS) is 14.1. The van der Waals surface area contributed by atoms with Crippen molar-refractivity contribution in [3.63, 3.8) is 0 Å². The van der Waals surface area contributed by atoms with Gasteiger partial charge in [0.1, 0.15) is 5.00 Å². The van der Waals surface area contributed by atoms with Crippen molar-refractivity contribution in [2.24, 2.45) is 0 Å². The highest BCUT2D eigenvalue weighted by molar-refractivity contribution is 7.16. The van der Waals surface area contributed by atoms with Crippen molar-refractivity contribution in [3.8, 4) is 0 Å². The van der Waals surface area contributed by atoms with E-state index in [-0.39, 0.29) is 30.5 Å². The third-order valence-electron chi connectivity index (χ3n) is 4.83. The number of carbonyl (C=O) groups excluding carboxylic acids is 2. The first-order valence-corrected chi connectivity index (χ1v) is 10.6. The predicted octanol–water partition coefficient (Wildman–Crippen LogP) is 5.32. The summed E-state index contributed by atoms with van der Waals surface area (Å²) in [5.74, 6) is -1.04. The molecule has 0 spiro atoms. The minimum Gasteiger partial charge on any atom is -0.462 e. The quantitative estimate of drug-likeness (QED) is 0.564. The highest BCUT2D eigenvalue weighted by Gasteiger charge is 2.42. The SMILES string of the molecule is CCOC(=O)c1c(NC(=O)CCn2nc(C(F)(F)F)c(Cl)c2C2CC2)sc(C)c1C. The van der Waals surface area contributed by atoms with Gasteiger partial charge in [-0.05, 0) is 39.2 Å². The first-order chi connectivity index (χ1) is 14.0. The van der Waals surface area contributed by atoms with Gasteiger partial charge in [0.05, 0.1) is 29.4 Å². The molecule has 3 rings (SSSR count). The van der Waals surface area contributed by atoms with Gasteiger partial charge in [0.15, 0.2) is 5.69 Å². The molecule has 11 heteroatoms. The van der Waals surface area contributed by atoms with E-state index in [0.717, 1.165) is 23.3 Å². The van der Waals surface area contributed by atoms with E-state index in [1.165, 1.54) is 16.0 Å². The van der Waals surface area contributed by atoms with Crippen LogP contribution in [0.25, 0.3) is 0 Å². The van der Waals surface area contributed by atoms with Crippen molar-refractivity contribution in [1.82, 2.24) is 9.78 Å². The molecule has 0 atom stereocenters. The van der Waals surface area contributed by atoms with E-state index in [4.69, 9.17) is 16.3 Å². The Morgan fingerprint density at radius 2 is 2.00 bits per heavy atom. The summed E-state index contributed by atoms with van der Waals surface area (Å²) < 4.78 is 45.7. The smallest absolute Gasteiger partial charge is 0.436 e. The number of anilines is 1. The molecule has 1 aliphatic carbocycles. The van der Waals surface area contributed by atoms with E-state index in [2.05, 4.69) is 10.4 Å². The fraction of sp³-hybridized carbons (Fsp3) is 0.526. The van der Waals surface area contributed by atoms with Crippen molar-refractivity contribution in [2.75, 3.05) is 11.9 Å². The van der Waals surface area contributed by atoms with Crippen molar-refractivity contribution in [2.45, 2.75) is 58.7 Å². The first kappa shape index (κ1) is 22.6. The Balaban J connectivity index is 1.75. The van der Waals surface area contributed by atoms with Crippen LogP contribution in [0.2, 0.25) is 5.02 Å². The topological polar surface area (TPSA) is 73.2 Å². The van der Waals surface area contributed by atoms with Crippen LogP contribution in [-0.4, -0.2) is 28.3 Å². The van der Waals surface area contributed by atoms with Gasteiger partial charge in [-0.15, -0.1) is 11.3 Å². The molecule has 1 aliphatic rings. The van der Waals surface area contributed by atoms with Crippen LogP contribution in [0.5, 0.6) is 0 Å². The fourth-order valence-corrected chi connectivity index (χ4v) is 4.57. The molecule has 1 amide bonds. The summed E-state index contributed by atoms with van der Waals surface area (Å²) in [5, 5.41) is 6.27. The Bertz CT molecular complexity index is 980. The highest BCUT2D eigenvalue weighted by atomic mass is 35.5. The molecule has 6 nitrogen and oxygen atoms in total. The van der Waals surface area contributed by atoms with Crippen molar-refractivity contribution >= 4 is 39.8 Å². The molecule has 0 radical (unpaired) electrons. The van der Waals surface area contributed by atoms with Crippen LogP contribution in [0.15, 0.2) is 0 Å². The summed E-state index contributed by atoms with van der Waals surface area (Å²) in [4.78, 5) is 25.5. The second-order valence-corrected chi connectivity index (χ2v) is 8.65. The van der Waals surface area contributed by atoms with Gasteiger partial charge in [-0.25, -0.2) is 4.79 Å². The number of rotatable bonds is 7. The average Bonchev–Trinajstić information content (AvgIpc) is 3.36. The zero-order chi connectivity index (χ0) is 22.2. The van der Waals surface area contributed by atoms with E-state index in [9.17, 15) is 22.8 Å². The lowest BCUT2D eigenvalue weighted by Crippen LogP contribution is -2.18. The summed E-state index contributed by atoms with van der Waals surface area (Å²) in [5.41, 5.74) is 0.221. The number of nitrogens with zero attached hydrogens (tertiary/aromatic N) is 2. The third-order valence-corrected chi connectivity index (χ3v) is 6.33. The Morgan fingerprint density at radius 1 is 1.33 bits per heavy atom. The summed E-state index contributed by atoms with van der Waals surface area (Å²) >= 11 is 7.19. The van der Waals surface area contributed by atoms with Gasteiger partial charge in [0.25, 0.3) is 0 Å². The predicted molar refractivity (Wildman–Crippen MR) is 107 cm³/mol.